The van der Waals surface area contributed by atoms with Crippen molar-refractivity contribution in [2.24, 2.45) is 0 Å². The topological polar surface area (TPSA) is 86.7 Å². The normalized spacial score (nSPS) is 9.84. The zero-order valence-electron chi connectivity index (χ0n) is 10.4. The number of nitrogens with zero attached hydrogens (tertiary/aromatic N) is 1. The number of amides is 2. The Morgan fingerprint density at radius 1 is 1.37 bits per heavy atom. The quantitative estimate of drug-likeness (QED) is 0.878. The lowest BCUT2D eigenvalue weighted by Crippen LogP contribution is -2.33. The number of likely N-dealkylation sites (N-methyl/N-ethyl adjacent to an activating group) is 1. The van der Waals surface area contributed by atoms with Crippen LogP contribution in [0, 0.1) is 0 Å². The van der Waals surface area contributed by atoms with E-state index in [1.807, 2.05) is 0 Å². The third kappa shape index (κ3) is 4.36. The van der Waals surface area contributed by atoms with E-state index in [9.17, 15) is 14.4 Å². The number of benzene rings is 1. The van der Waals surface area contributed by atoms with E-state index < -0.39 is 5.97 Å². The number of hydrogen-bond donors (Lipinski definition) is 2. The third-order valence-electron chi connectivity index (χ3n) is 2.41. The molecule has 0 aliphatic carbocycles. The van der Waals surface area contributed by atoms with Crippen LogP contribution in [0.15, 0.2) is 22.7 Å². The van der Waals surface area contributed by atoms with Crippen molar-refractivity contribution in [3.63, 3.8) is 0 Å². The van der Waals surface area contributed by atoms with Crippen molar-refractivity contribution < 1.29 is 19.5 Å². The van der Waals surface area contributed by atoms with Gasteiger partial charge in [0.05, 0.1) is 17.8 Å². The lowest BCUT2D eigenvalue weighted by atomic mass is 10.2. The van der Waals surface area contributed by atoms with Crippen molar-refractivity contribution >= 4 is 39.4 Å². The average Bonchev–Trinajstić information content (AvgIpc) is 2.31. The Morgan fingerprint density at radius 2 is 2.00 bits per heavy atom. The molecule has 0 radical (unpaired) electrons. The molecule has 0 aliphatic heterocycles. The van der Waals surface area contributed by atoms with Gasteiger partial charge in [-0.1, -0.05) is 0 Å². The van der Waals surface area contributed by atoms with Crippen LogP contribution in [-0.4, -0.2) is 41.4 Å². The van der Waals surface area contributed by atoms with Gasteiger partial charge in [0.2, 0.25) is 11.8 Å². The summed E-state index contributed by atoms with van der Waals surface area (Å²) in [6.07, 6.45) is 0. The van der Waals surface area contributed by atoms with Gasteiger partial charge >= 0.3 is 5.97 Å². The molecule has 0 bridgehead atoms. The second-order valence-corrected chi connectivity index (χ2v) is 4.78. The van der Waals surface area contributed by atoms with E-state index in [2.05, 4.69) is 21.2 Å². The highest BCUT2D eigenvalue weighted by Crippen LogP contribution is 2.23. The maximum Gasteiger partial charge on any atom is 0.335 e. The van der Waals surface area contributed by atoms with Crippen LogP contribution in [0.4, 0.5) is 5.69 Å². The molecule has 7 heteroatoms. The summed E-state index contributed by atoms with van der Waals surface area (Å²) in [4.78, 5) is 34.7. The highest BCUT2D eigenvalue weighted by atomic mass is 79.9. The molecule has 2 N–H and O–H groups in total. The molecule has 0 fully saturated rings. The van der Waals surface area contributed by atoms with Gasteiger partial charge in [-0.05, 0) is 34.1 Å². The predicted octanol–water partition coefficient (Wildman–Crippen LogP) is 1.56. The Morgan fingerprint density at radius 3 is 2.47 bits per heavy atom. The molecule has 0 spiro atoms. The summed E-state index contributed by atoms with van der Waals surface area (Å²) in [5.74, 6) is -1.62. The monoisotopic (exact) mass is 328 g/mol. The first-order valence-corrected chi connectivity index (χ1v) is 6.15. The molecule has 19 heavy (non-hydrogen) atoms. The van der Waals surface area contributed by atoms with Crippen LogP contribution in [0.1, 0.15) is 17.3 Å². The summed E-state index contributed by atoms with van der Waals surface area (Å²) in [7, 11) is 1.52. The summed E-state index contributed by atoms with van der Waals surface area (Å²) in [5, 5.41) is 11.4. The van der Waals surface area contributed by atoms with Gasteiger partial charge in [0.25, 0.3) is 0 Å². The van der Waals surface area contributed by atoms with E-state index in [0.717, 1.165) is 0 Å². The third-order valence-corrected chi connectivity index (χ3v) is 3.06. The maximum absolute atomic E-state index is 11.7. The molecule has 0 unspecified atom stereocenters. The highest BCUT2D eigenvalue weighted by Gasteiger charge is 2.12. The number of carboxylic acid groups (broad SMARTS) is 1. The van der Waals surface area contributed by atoms with Crippen LogP contribution in [-0.2, 0) is 9.59 Å². The fraction of sp³-hybridized carbons (Fsp3) is 0.250. The number of carbonyl (C=O) groups excluding carboxylic acids is 2. The van der Waals surface area contributed by atoms with Gasteiger partial charge in [-0.25, -0.2) is 4.79 Å². The molecule has 0 aromatic heterocycles. The molecule has 102 valence electrons. The molecule has 1 rings (SSSR count). The Hall–Kier alpha value is -1.89. The Balaban J connectivity index is 2.75. The molecule has 0 heterocycles. The van der Waals surface area contributed by atoms with Crippen LogP contribution >= 0.6 is 15.9 Å². The number of carbonyl (C=O) groups is 3. The SMILES string of the molecule is CC(=O)N(C)CC(=O)Nc1ccc(C(=O)O)cc1Br. The molecule has 1 aromatic rings. The molecule has 0 saturated heterocycles. The van der Waals surface area contributed by atoms with E-state index in [1.165, 1.54) is 37.1 Å². The van der Waals surface area contributed by atoms with Gasteiger partial charge in [-0.2, -0.15) is 0 Å². The van der Waals surface area contributed by atoms with Crippen molar-refractivity contribution in [1.29, 1.82) is 0 Å². The molecule has 0 atom stereocenters. The number of anilines is 1. The molecule has 2 amide bonds. The van der Waals surface area contributed by atoms with E-state index in [-0.39, 0.29) is 23.9 Å². The number of halogens is 1. The fourth-order valence-electron chi connectivity index (χ4n) is 1.27. The highest BCUT2D eigenvalue weighted by molar-refractivity contribution is 9.10. The molecule has 0 aliphatic rings. The van der Waals surface area contributed by atoms with Crippen LogP contribution in [0.3, 0.4) is 0 Å². The summed E-state index contributed by atoms with van der Waals surface area (Å²) in [6.45, 7) is 1.30. The minimum atomic E-state index is -1.05. The fourth-order valence-corrected chi connectivity index (χ4v) is 1.74. The second-order valence-electron chi connectivity index (χ2n) is 3.92. The van der Waals surface area contributed by atoms with Crippen LogP contribution in [0.25, 0.3) is 0 Å². The molecule has 6 nitrogen and oxygen atoms in total. The van der Waals surface area contributed by atoms with Crippen molar-refractivity contribution in [1.82, 2.24) is 4.90 Å². The number of nitrogens with one attached hydrogen (secondary N) is 1. The Kier molecular flexibility index (Phi) is 5.05. The summed E-state index contributed by atoms with van der Waals surface area (Å²) in [5.41, 5.74) is 0.567. The molecular weight excluding hydrogens is 316 g/mol. The van der Waals surface area contributed by atoms with Gasteiger partial charge in [-0.15, -0.1) is 0 Å². The van der Waals surface area contributed by atoms with Gasteiger partial charge in [0.1, 0.15) is 0 Å². The van der Waals surface area contributed by atoms with E-state index in [4.69, 9.17) is 5.11 Å². The van der Waals surface area contributed by atoms with Gasteiger partial charge in [-0.3, -0.25) is 9.59 Å². The first-order valence-electron chi connectivity index (χ1n) is 5.35. The maximum atomic E-state index is 11.7. The van der Waals surface area contributed by atoms with Crippen LogP contribution < -0.4 is 5.32 Å². The lowest BCUT2D eigenvalue weighted by Gasteiger charge is -2.15. The first kappa shape index (κ1) is 15.2. The number of aromatic carboxylic acids is 1. The lowest BCUT2D eigenvalue weighted by molar-refractivity contribution is -0.131. The van der Waals surface area contributed by atoms with Gasteiger partial charge < -0.3 is 15.3 Å². The predicted molar refractivity (Wildman–Crippen MR) is 73.0 cm³/mol. The van der Waals surface area contributed by atoms with E-state index in [1.54, 1.807) is 0 Å². The van der Waals surface area contributed by atoms with Crippen LogP contribution in [0.5, 0.6) is 0 Å². The number of rotatable bonds is 4. The van der Waals surface area contributed by atoms with Gasteiger partial charge in [0.15, 0.2) is 0 Å². The molecule has 0 saturated carbocycles. The average molecular weight is 329 g/mol. The van der Waals surface area contributed by atoms with Crippen molar-refractivity contribution in [3.05, 3.63) is 28.2 Å². The second kappa shape index (κ2) is 6.33. The number of carboxylic acids is 1. The number of hydrogen-bond acceptors (Lipinski definition) is 3. The summed E-state index contributed by atoms with van der Waals surface area (Å²) >= 11 is 3.18. The zero-order chi connectivity index (χ0) is 14.6. The molecular formula is C12H13BrN2O4. The Bertz CT molecular complexity index is 530. The minimum Gasteiger partial charge on any atom is -0.478 e. The standard InChI is InChI=1S/C12H13BrN2O4/c1-7(16)15(2)6-11(17)14-10-4-3-8(12(18)19)5-9(10)13/h3-5H,6H2,1-2H3,(H,14,17)(H,18,19). The van der Waals surface area contributed by atoms with Gasteiger partial charge in [0, 0.05) is 18.4 Å². The van der Waals surface area contributed by atoms with Crippen LogP contribution in [0.2, 0.25) is 0 Å². The Labute approximate surface area is 118 Å². The molecule has 1 aromatic carbocycles. The van der Waals surface area contributed by atoms with Crippen molar-refractivity contribution in [3.8, 4) is 0 Å². The van der Waals surface area contributed by atoms with Crippen molar-refractivity contribution in [2.75, 3.05) is 18.9 Å². The van der Waals surface area contributed by atoms with E-state index >= 15 is 0 Å². The minimum absolute atomic E-state index is 0.0670. The smallest absolute Gasteiger partial charge is 0.335 e. The largest absolute Gasteiger partial charge is 0.478 e. The summed E-state index contributed by atoms with van der Waals surface area (Å²) in [6, 6.07) is 4.27. The first-order chi connectivity index (χ1) is 8.81. The summed E-state index contributed by atoms with van der Waals surface area (Å²) < 4.78 is 0.464. The van der Waals surface area contributed by atoms with E-state index in [0.29, 0.717) is 10.2 Å². The zero-order valence-corrected chi connectivity index (χ0v) is 12.0. The van der Waals surface area contributed by atoms with Crippen molar-refractivity contribution in [2.45, 2.75) is 6.92 Å².